The maximum Gasteiger partial charge on any atom is 0.137 e. The first-order valence-corrected chi connectivity index (χ1v) is 9.29. The van der Waals surface area contributed by atoms with E-state index < -0.39 is 11.8 Å². The van der Waals surface area contributed by atoms with Gasteiger partial charge in [0.2, 0.25) is 0 Å². The van der Waals surface area contributed by atoms with Gasteiger partial charge in [0, 0.05) is 24.8 Å². The van der Waals surface area contributed by atoms with Gasteiger partial charge in [-0.25, -0.2) is 14.4 Å². The summed E-state index contributed by atoms with van der Waals surface area (Å²) in [7, 11) is 0. The molecule has 4 heterocycles. The Morgan fingerprint density at radius 2 is 2.18 bits per heavy atom. The number of pyridine rings is 2. The standard InChI is InChI=1S/C20H24FN5O2/c1-20(2,28)13-10-26-17(9-23-19(26)6-12(13)11-27)15-4-3-5-18(24-15)25-16-8-22-7-14(16)21/h3-6,9-10,14,16,22,27-28H,7-8,11H2,1-2H3,(H,24,25)/t14-,16-/m0/s1. The molecule has 1 saturated heterocycles. The lowest BCUT2D eigenvalue weighted by Gasteiger charge is -2.21. The van der Waals surface area contributed by atoms with E-state index in [9.17, 15) is 14.6 Å². The van der Waals surface area contributed by atoms with Gasteiger partial charge in [-0.1, -0.05) is 6.07 Å². The number of aromatic nitrogens is 3. The normalized spacial score (nSPS) is 20.0. The van der Waals surface area contributed by atoms with Crippen molar-refractivity contribution in [1.82, 2.24) is 19.7 Å². The average molecular weight is 385 g/mol. The molecule has 0 aromatic carbocycles. The van der Waals surface area contributed by atoms with Crippen molar-refractivity contribution in [3.63, 3.8) is 0 Å². The molecular weight excluding hydrogens is 361 g/mol. The molecular formula is C20H24FN5O2. The summed E-state index contributed by atoms with van der Waals surface area (Å²) >= 11 is 0. The van der Waals surface area contributed by atoms with Crippen molar-refractivity contribution in [2.45, 2.75) is 38.3 Å². The van der Waals surface area contributed by atoms with E-state index in [1.54, 1.807) is 32.3 Å². The van der Waals surface area contributed by atoms with Crippen LogP contribution >= 0.6 is 0 Å². The summed E-state index contributed by atoms with van der Waals surface area (Å²) in [6.45, 7) is 4.07. The predicted octanol–water partition coefficient (Wildman–Crippen LogP) is 1.84. The van der Waals surface area contributed by atoms with Crippen LogP contribution in [0.3, 0.4) is 0 Å². The maximum absolute atomic E-state index is 13.9. The van der Waals surface area contributed by atoms with Crippen molar-refractivity contribution in [3.05, 3.63) is 47.8 Å². The highest BCUT2D eigenvalue weighted by Gasteiger charge is 2.27. The highest BCUT2D eigenvalue weighted by atomic mass is 19.1. The first kappa shape index (κ1) is 18.8. The Morgan fingerprint density at radius 1 is 1.36 bits per heavy atom. The number of hydrogen-bond donors (Lipinski definition) is 4. The SMILES string of the molecule is CC(C)(O)c1cn2c(-c3cccc(N[C@H]4CNC[C@@H]4F)n3)cnc2cc1CO. The summed E-state index contributed by atoms with van der Waals surface area (Å²) in [5, 5.41) is 26.3. The Bertz CT molecular complexity index is 998. The fourth-order valence-electron chi connectivity index (χ4n) is 3.57. The predicted molar refractivity (Wildman–Crippen MR) is 105 cm³/mol. The van der Waals surface area contributed by atoms with Gasteiger partial charge in [-0.05, 0) is 37.6 Å². The second-order valence-corrected chi connectivity index (χ2v) is 7.63. The zero-order chi connectivity index (χ0) is 19.9. The Hall–Kier alpha value is -2.55. The minimum absolute atomic E-state index is 0.185. The van der Waals surface area contributed by atoms with Crippen molar-refractivity contribution >= 4 is 11.5 Å². The minimum atomic E-state index is -1.11. The van der Waals surface area contributed by atoms with E-state index in [-0.39, 0.29) is 12.6 Å². The van der Waals surface area contributed by atoms with Crippen LogP contribution in [-0.4, -0.2) is 49.9 Å². The van der Waals surface area contributed by atoms with Crippen molar-refractivity contribution in [1.29, 1.82) is 0 Å². The van der Waals surface area contributed by atoms with Gasteiger partial charge in [0.15, 0.2) is 0 Å². The smallest absolute Gasteiger partial charge is 0.137 e. The van der Waals surface area contributed by atoms with Crippen LogP contribution in [0.5, 0.6) is 0 Å². The molecule has 0 radical (unpaired) electrons. The molecule has 3 aromatic rings. The van der Waals surface area contributed by atoms with Gasteiger partial charge in [0.25, 0.3) is 0 Å². The van der Waals surface area contributed by atoms with Crippen molar-refractivity contribution < 1.29 is 14.6 Å². The molecule has 1 aliphatic rings. The van der Waals surface area contributed by atoms with Crippen molar-refractivity contribution in [2.75, 3.05) is 18.4 Å². The van der Waals surface area contributed by atoms with E-state index in [0.717, 1.165) is 5.69 Å². The minimum Gasteiger partial charge on any atom is -0.392 e. The molecule has 0 saturated carbocycles. The zero-order valence-corrected chi connectivity index (χ0v) is 15.9. The molecule has 7 nitrogen and oxygen atoms in total. The second-order valence-electron chi connectivity index (χ2n) is 7.63. The molecule has 28 heavy (non-hydrogen) atoms. The van der Waals surface area contributed by atoms with Crippen LogP contribution in [0.4, 0.5) is 10.2 Å². The second kappa shape index (κ2) is 7.12. The molecule has 2 atom stereocenters. The van der Waals surface area contributed by atoms with E-state index in [1.165, 1.54) is 0 Å². The number of alkyl halides is 1. The summed E-state index contributed by atoms with van der Waals surface area (Å²) in [5.74, 6) is 0.596. The highest BCUT2D eigenvalue weighted by molar-refractivity contribution is 5.63. The number of nitrogens with one attached hydrogen (secondary N) is 2. The zero-order valence-electron chi connectivity index (χ0n) is 15.9. The number of nitrogens with zero attached hydrogens (tertiary/aromatic N) is 3. The third-order valence-corrected chi connectivity index (χ3v) is 5.05. The van der Waals surface area contributed by atoms with Crippen LogP contribution in [0.2, 0.25) is 0 Å². The van der Waals surface area contributed by atoms with E-state index in [4.69, 9.17) is 0 Å². The Kier molecular flexibility index (Phi) is 4.78. The third kappa shape index (κ3) is 3.46. The van der Waals surface area contributed by atoms with Gasteiger partial charge in [-0.3, -0.25) is 4.40 Å². The van der Waals surface area contributed by atoms with Gasteiger partial charge >= 0.3 is 0 Å². The molecule has 0 unspecified atom stereocenters. The summed E-state index contributed by atoms with van der Waals surface area (Å²) in [5.41, 5.74) is 2.20. The number of imidazole rings is 1. The van der Waals surface area contributed by atoms with Gasteiger partial charge in [-0.15, -0.1) is 0 Å². The van der Waals surface area contributed by atoms with Crippen LogP contribution in [0.1, 0.15) is 25.0 Å². The molecule has 0 amide bonds. The summed E-state index contributed by atoms with van der Waals surface area (Å²) in [6, 6.07) is 6.98. The average Bonchev–Trinajstić information content (AvgIpc) is 3.26. The molecule has 1 aliphatic heterocycles. The molecule has 3 aromatic heterocycles. The first-order chi connectivity index (χ1) is 13.4. The largest absolute Gasteiger partial charge is 0.392 e. The number of rotatable bonds is 5. The molecule has 8 heteroatoms. The van der Waals surface area contributed by atoms with Crippen LogP contribution in [0, 0.1) is 0 Å². The number of aliphatic hydroxyl groups is 2. The lowest BCUT2D eigenvalue weighted by molar-refractivity contribution is 0.0755. The van der Waals surface area contributed by atoms with E-state index in [1.807, 2.05) is 22.6 Å². The molecule has 4 N–H and O–H groups in total. The fraction of sp³-hybridized carbons (Fsp3) is 0.400. The Balaban J connectivity index is 1.74. The number of aliphatic hydroxyl groups excluding tert-OH is 1. The number of fused-ring (bicyclic) bond motifs is 1. The lowest BCUT2D eigenvalue weighted by atomic mass is 9.95. The quantitative estimate of drug-likeness (QED) is 0.535. The molecule has 4 rings (SSSR count). The van der Waals surface area contributed by atoms with Gasteiger partial charge in [0.05, 0.1) is 35.8 Å². The van der Waals surface area contributed by atoms with Crippen LogP contribution < -0.4 is 10.6 Å². The van der Waals surface area contributed by atoms with Gasteiger partial charge in [0.1, 0.15) is 17.6 Å². The van der Waals surface area contributed by atoms with E-state index in [0.29, 0.717) is 41.4 Å². The number of halogens is 1. The Labute approximate surface area is 162 Å². The molecule has 1 fully saturated rings. The van der Waals surface area contributed by atoms with Crippen LogP contribution in [0.15, 0.2) is 36.7 Å². The Morgan fingerprint density at radius 3 is 2.86 bits per heavy atom. The van der Waals surface area contributed by atoms with Gasteiger partial charge in [-0.2, -0.15) is 0 Å². The van der Waals surface area contributed by atoms with Crippen LogP contribution in [0.25, 0.3) is 17.0 Å². The fourth-order valence-corrected chi connectivity index (χ4v) is 3.57. The highest BCUT2D eigenvalue weighted by Crippen LogP contribution is 2.28. The van der Waals surface area contributed by atoms with Gasteiger partial charge < -0.3 is 20.8 Å². The number of hydrogen-bond acceptors (Lipinski definition) is 6. The number of anilines is 1. The van der Waals surface area contributed by atoms with Crippen molar-refractivity contribution in [2.24, 2.45) is 0 Å². The molecule has 148 valence electrons. The maximum atomic E-state index is 13.9. The summed E-state index contributed by atoms with van der Waals surface area (Å²) in [4.78, 5) is 9.03. The lowest BCUT2D eigenvalue weighted by Crippen LogP contribution is -2.29. The van der Waals surface area contributed by atoms with E-state index in [2.05, 4.69) is 20.6 Å². The van der Waals surface area contributed by atoms with E-state index >= 15 is 0 Å². The van der Waals surface area contributed by atoms with Crippen molar-refractivity contribution in [3.8, 4) is 11.4 Å². The molecule has 0 bridgehead atoms. The first-order valence-electron chi connectivity index (χ1n) is 9.29. The molecule has 0 spiro atoms. The monoisotopic (exact) mass is 385 g/mol. The summed E-state index contributed by atoms with van der Waals surface area (Å²) in [6.07, 6.45) is 2.53. The molecule has 0 aliphatic carbocycles. The topological polar surface area (TPSA) is 94.7 Å². The third-order valence-electron chi connectivity index (χ3n) is 5.05. The van der Waals surface area contributed by atoms with Crippen LogP contribution in [-0.2, 0) is 12.2 Å². The summed E-state index contributed by atoms with van der Waals surface area (Å²) < 4.78 is 15.7.